The van der Waals surface area contributed by atoms with E-state index in [1.165, 1.54) is 0 Å². The lowest BCUT2D eigenvalue weighted by atomic mass is 10.2. The Bertz CT molecular complexity index is 352. The van der Waals surface area contributed by atoms with Crippen molar-refractivity contribution in [2.75, 3.05) is 6.54 Å². The van der Waals surface area contributed by atoms with Gasteiger partial charge in [0, 0.05) is 18.5 Å². The number of para-hydroxylation sites is 1. The molecule has 4 heteroatoms. The van der Waals surface area contributed by atoms with Crippen molar-refractivity contribution >= 4 is 5.97 Å². The summed E-state index contributed by atoms with van der Waals surface area (Å²) in [5, 5.41) is 21.2. The summed E-state index contributed by atoms with van der Waals surface area (Å²) in [6.45, 7) is 1.49. The van der Waals surface area contributed by atoms with Crippen molar-refractivity contribution in [1.82, 2.24) is 5.32 Å². The summed E-state index contributed by atoms with van der Waals surface area (Å²) >= 11 is 0. The van der Waals surface area contributed by atoms with E-state index in [9.17, 15) is 9.90 Å². The average Bonchev–Trinajstić information content (AvgIpc) is 2.30. The van der Waals surface area contributed by atoms with Gasteiger partial charge in [0.05, 0.1) is 0 Å². The molecule has 1 rings (SSSR count). The highest BCUT2D eigenvalue weighted by Gasteiger charge is 1.99. The SMILES string of the molecule is O=C(O)CCCCCNCc1ccccc1O. The fourth-order valence-electron chi connectivity index (χ4n) is 1.59. The largest absolute Gasteiger partial charge is 0.508 e. The Balaban J connectivity index is 2.05. The molecule has 94 valence electrons. The second-order valence-electron chi connectivity index (χ2n) is 4.01. The van der Waals surface area contributed by atoms with Crippen molar-refractivity contribution in [3.63, 3.8) is 0 Å². The van der Waals surface area contributed by atoms with E-state index < -0.39 is 5.97 Å². The highest BCUT2D eigenvalue weighted by atomic mass is 16.4. The van der Waals surface area contributed by atoms with Gasteiger partial charge in [-0.05, 0) is 25.5 Å². The maximum atomic E-state index is 10.3. The highest BCUT2D eigenvalue weighted by molar-refractivity contribution is 5.66. The number of aliphatic carboxylic acids is 1. The summed E-state index contributed by atoms with van der Waals surface area (Å²) in [5.41, 5.74) is 0.887. The van der Waals surface area contributed by atoms with E-state index in [4.69, 9.17) is 5.11 Å². The summed E-state index contributed by atoms with van der Waals surface area (Å²) < 4.78 is 0. The Kier molecular flexibility index (Phi) is 6.10. The van der Waals surface area contributed by atoms with Gasteiger partial charge >= 0.3 is 5.97 Å². The number of hydrogen-bond acceptors (Lipinski definition) is 3. The fourth-order valence-corrected chi connectivity index (χ4v) is 1.59. The van der Waals surface area contributed by atoms with Crippen molar-refractivity contribution in [2.24, 2.45) is 0 Å². The molecular weight excluding hydrogens is 218 g/mol. The molecule has 0 aliphatic heterocycles. The third-order valence-corrected chi connectivity index (χ3v) is 2.55. The molecule has 0 amide bonds. The van der Waals surface area contributed by atoms with Crippen LogP contribution in [0, 0.1) is 0 Å². The molecule has 0 aliphatic rings. The smallest absolute Gasteiger partial charge is 0.303 e. The van der Waals surface area contributed by atoms with Gasteiger partial charge in [-0.3, -0.25) is 4.79 Å². The molecule has 0 saturated heterocycles. The molecule has 1 aromatic carbocycles. The molecule has 17 heavy (non-hydrogen) atoms. The molecule has 3 N–H and O–H groups in total. The zero-order valence-corrected chi connectivity index (χ0v) is 9.85. The first-order chi connectivity index (χ1) is 8.20. The topological polar surface area (TPSA) is 69.6 Å². The molecule has 0 aliphatic carbocycles. The van der Waals surface area contributed by atoms with E-state index in [1.807, 2.05) is 12.1 Å². The Hall–Kier alpha value is -1.55. The molecular formula is C13H19NO3. The Morgan fingerprint density at radius 1 is 1.18 bits per heavy atom. The number of unbranched alkanes of at least 4 members (excludes halogenated alkanes) is 2. The van der Waals surface area contributed by atoms with Gasteiger partial charge in [0.2, 0.25) is 0 Å². The van der Waals surface area contributed by atoms with Gasteiger partial charge in [-0.15, -0.1) is 0 Å². The van der Waals surface area contributed by atoms with Gasteiger partial charge in [-0.1, -0.05) is 24.6 Å². The molecule has 0 spiro atoms. The van der Waals surface area contributed by atoms with E-state index in [0.717, 1.165) is 31.4 Å². The number of hydrogen-bond donors (Lipinski definition) is 3. The van der Waals surface area contributed by atoms with Crippen molar-refractivity contribution in [3.05, 3.63) is 29.8 Å². The van der Waals surface area contributed by atoms with E-state index >= 15 is 0 Å². The van der Waals surface area contributed by atoms with Crippen molar-refractivity contribution in [2.45, 2.75) is 32.2 Å². The van der Waals surface area contributed by atoms with Crippen LogP contribution in [-0.4, -0.2) is 22.7 Å². The van der Waals surface area contributed by atoms with Crippen LogP contribution in [0.5, 0.6) is 5.75 Å². The second-order valence-corrected chi connectivity index (χ2v) is 4.01. The molecule has 0 saturated carbocycles. The zero-order valence-electron chi connectivity index (χ0n) is 9.85. The van der Waals surface area contributed by atoms with Gasteiger partial charge in [0.1, 0.15) is 5.75 Å². The van der Waals surface area contributed by atoms with Gasteiger partial charge in [0.15, 0.2) is 0 Å². The van der Waals surface area contributed by atoms with Crippen molar-refractivity contribution < 1.29 is 15.0 Å². The molecule has 0 atom stereocenters. The van der Waals surface area contributed by atoms with Crippen LogP contribution in [0.3, 0.4) is 0 Å². The summed E-state index contributed by atoms with van der Waals surface area (Å²) in [4.78, 5) is 10.3. The minimum absolute atomic E-state index is 0.249. The minimum Gasteiger partial charge on any atom is -0.508 e. The van der Waals surface area contributed by atoms with Crippen LogP contribution < -0.4 is 5.32 Å². The van der Waals surface area contributed by atoms with Crippen LogP contribution in [0.2, 0.25) is 0 Å². The molecule has 0 radical (unpaired) electrons. The Labute approximate surface area is 101 Å². The summed E-state index contributed by atoms with van der Waals surface area (Å²) in [6, 6.07) is 7.24. The number of carbonyl (C=O) groups is 1. The van der Waals surface area contributed by atoms with Crippen LogP contribution in [0.15, 0.2) is 24.3 Å². The third kappa shape index (κ3) is 5.92. The number of phenols is 1. The quantitative estimate of drug-likeness (QED) is 0.606. The first-order valence-corrected chi connectivity index (χ1v) is 5.89. The van der Waals surface area contributed by atoms with E-state index in [-0.39, 0.29) is 6.42 Å². The third-order valence-electron chi connectivity index (χ3n) is 2.55. The number of carboxylic acids is 1. The van der Waals surface area contributed by atoms with E-state index in [1.54, 1.807) is 12.1 Å². The number of benzene rings is 1. The number of aromatic hydroxyl groups is 1. The second kappa shape index (κ2) is 7.68. The van der Waals surface area contributed by atoms with E-state index in [2.05, 4.69) is 5.32 Å². The van der Waals surface area contributed by atoms with Gasteiger partial charge in [-0.25, -0.2) is 0 Å². The van der Waals surface area contributed by atoms with E-state index in [0.29, 0.717) is 12.3 Å². The van der Waals surface area contributed by atoms with Gasteiger partial charge < -0.3 is 15.5 Å². The number of carboxylic acid groups (broad SMARTS) is 1. The average molecular weight is 237 g/mol. The summed E-state index contributed by atoms with van der Waals surface area (Å²) in [5.74, 6) is -0.418. The van der Waals surface area contributed by atoms with Crippen molar-refractivity contribution in [3.8, 4) is 5.75 Å². The lowest BCUT2D eigenvalue weighted by Gasteiger charge is -2.06. The van der Waals surface area contributed by atoms with Gasteiger partial charge in [-0.2, -0.15) is 0 Å². The molecule has 0 bridgehead atoms. The number of nitrogens with one attached hydrogen (secondary N) is 1. The Morgan fingerprint density at radius 2 is 1.94 bits per heavy atom. The summed E-state index contributed by atoms with van der Waals surface area (Å²) in [7, 11) is 0. The highest BCUT2D eigenvalue weighted by Crippen LogP contribution is 2.14. The normalized spacial score (nSPS) is 10.4. The van der Waals surface area contributed by atoms with Crippen LogP contribution in [0.25, 0.3) is 0 Å². The molecule has 0 heterocycles. The zero-order chi connectivity index (χ0) is 12.5. The lowest BCUT2D eigenvalue weighted by molar-refractivity contribution is -0.137. The van der Waals surface area contributed by atoms with Crippen LogP contribution in [0.4, 0.5) is 0 Å². The van der Waals surface area contributed by atoms with Gasteiger partial charge in [0.25, 0.3) is 0 Å². The number of phenolic OH excluding ortho intramolecular Hbond substituents is 1. The lowest BCUT2D eigenvalue weighted by Crippen LogP contribution is -2.14. The monoisotopic (exact) mass is 237 g/mol. The Morgan fingerprint density at radius 3 is 2.65 bits per heavy atom. The molecule has 0 unspecified atom stereocenters. The predicted molar refractivity (Wildman–Crippen MR) is 65.9 cm³/mol. The fraction of sp³-hybridized carbons (Fsp3) is 0.462. The first kappa shape index (κ1) is 13.5. The van der Waals surface area contributed by atoms with Crippen molar-refractivity contribution in [1.29, 1.82) is 0 Å². The standard InChI is InChI=1S/C13H19NO3/c15-12-7-4-3-6-11(12)10-14-9-5-1-2-8-13(16)17/h3-4,6-7,14-15H,1-2,5,8-10H2,(H,16,17). The molecule has 0 aromatic heterocycles. The first-order valence-electron chi connectivity index (χ1n) is 5.89. The molecule has 4 nitrogen and oxygen atoms in total. The minimum atomic E-state index is -0.729. The van der Waals surface area contributed by atoms with Crippen LogP contribution in [0.1, 0.15) is 31.2 Å². The molecule has 1 aromatic rings. The predicted octanol–water partition coefficient (Wildman–Crippen LogP) is 2.13. The maximum absolute atomic E-state index is 10.3. The summed E-state index contributed by atoms with van der Waals surface area (Å²) in [6.07, 6.45) is 2.86. The van der Waals surface area contributed by atoms with Crippen LogP contribution in [-0.2, 0) is 11.3 Å². The molecule has 0 fully saturated rings. The number of rotatable bonds is 8. The van der Waals surface area contributed by atoms with Crippen LogP contribution >= 0.6 is 0 Å². The maximum Gasteiger partial charge on any atom is 0.303 e.